The molecule has 2 atom stereocenters. The molecular formula is C12H26N8O3S2. The van der Waals surface area contributed by atoms with Crippen molar-refractivity contribution in [2.24, 2.45) is 38.7 Å². The maximum Gasteiger partial charge on any atom is 0.321 e. The number of nitrogens with two attached hydrogens (primary N) is 5. The summed E-state index contributed by atoms with van der Waals surface area (Å²) in [4.78, 5) is 30.6. The van der Waals surface area contributed by atoms with Gasteiger partial charge in [0.25, 0.3) is 0 Å². The summed E-state index contributed by atoms with van der Waals surface area (Å²) in [7, 11) is 1.80. The molecule has 0 aromatic heterocycles. The van der Waals surface area contributed by atoms with E-state index >= 15 is 0 Å². The second kappa shape index (κ2) is 13.6. The Hall–Kier alpha value is -1.70. The van der Waals surface area contributed by atoms with Gasteiger partial charge in [0.1, 0.15) is 6.04 Å². The first-order valence-corrected chi connectivity index (χ1v) is 9.61. The molecule has 0 unspecified atom stereocenters. The van der Waals surface area contributed by atoms with Gasteiger partial charge in [-0.3, -0.25) is 19.6 Å². The van der Waals surface area contributed by atoms with Crippen LogP contribution in [0.3, 0.4) is 0 Å². The summed E-state index contributed by atoms with van der Waals surface area (Å²) in [6, 6.07) is -1.49. The summed E-state index contributed by atoms with van der Waals surface area (Å²) in [5.41, 5.74) is 26.5. The van der Waals surface area contributed by atoms with E-state index in [1.165, 1.54) is 0 Å². The fourth-order valence-electron chi connectivity index (χ4n) is 1.56. The molecule has 0 spiro atoms. The van der Waals surface area contributed by atoms with Gasteiger partial charge < -0.3 is 33.8 Å². The second-order valence-corrected chi connectivity index (χ2v) is 6.97. The maximum absolute atomic E-state index is 11.9. The lowest BCUT2D eigenvalue weighted by atomic mass is 10.2. The van der Waals surface area contributed by atoms with E-state index in [0.29, 0.717) is 38.8 Å². The molecule has 0 aliphatic heterocycles. The third kappa shape index (κ3) is 13.3. The standard InChI is InChI=1S/C12H26N8O3S2/c13-7(3-1-5-18-11(14)15)10(23)24-25-20-8(9(21)22)4-2-6-19-12(16)17/h7-8,20H,1-6,13H2,(H,21,22)(H4,14,15,18)(H4,16,17,19)/t7-,8-/m0/s1. The Morgan fingerprint density at radius 3 is 2.00 bits per heavy atom. The van der Waals surface area contributed by atoms with Crippen molar-refractivity contribution in [2.75, 3.05) is 13.1 Å². The molecular weight excluding hydrogens is 368 g/mol. The topological polar surface area (TPSA) is 221 Å². The summed E-state index contributed by atoms with van der Waals surface area (Å²) in [5, 5.41) is 8.87. The van der Waals surface area contributed by atoms with Gasteiger partial charge in [0.05, 0.1) is 6.04 Å². The Morgan fingerprint density at radius 1 is 1.00 bits per heavy atom. The van der Waals surface area contributed by atoms with Crippen LogP contribution in [0.4, 0.5) is 0 Å². The molecule has 0 heterocycles. The van der Waals surface area contributed by atoms with Gasteiger partial charge >= 0.3 is 5.97 Å². The highest BCUT2D eigenvalue weighted by atomic mass is 33.1. The molecule has 0 aromatic carbocycles. The number of hydrogen-bond donors (Lipinski definition) is 7. The Kier molecular flexibility index (Phi) is 12.7. The number of carboxylic acids is 1. The molecule has 0 bridgehead atoms. The molecule has 0 aromatic rings. The van der Waals surface area contributed by atoms with Crippen molar-refractivity contribution in [3.8, 4) is 0 Å². The molecule has 0 radical (unpaired) electrons. The van der Waals surface area contributed by atoms with Gasteiger partial charge in [0.2, 0.25) is 5.12 Å². The largest absolute Gasteiger partial charge is 0.480 e. The van der Waals surface area contributed by atoms with Crippen molar-refractivity contribution in [1.29, 1.82) is 0 Å². The fourth-order valence-corrected chi connectivity index (χ4v) is 3.38. The number of hydrogen-bond acceptors (Lipinski definition) is 8. The highest BCUT2D eigenvalue weighted by molar-refractivity contribution is 8.81. The van der Waals surface area contributed by atoms with Crippen molar-refractivity contribution in [3.63, 3.8) is 0 Å². The number of nitrogens with one attached hydrogen (secondary N) is 1. The first-order valence-electron chi connectivity index (χ1n) is 7.46. The fraction of sp³-hybridized carbons (Fsp3) is 0.667. The van der Waals surface area contributed by atoms with Crippen LogP contribution in [-0.4, -0.2) is 53.3 Å². The zero-order valence-electron chi connectivity index (χ0n) is 13.8. The molecule has 11 nitrogen and oxygen atoms in total. The predicted molar refractivity (Wildman–Crippen MR) is 103 cm³/mol. The van der Waals surface area contributed by atoms with Crippen LogP contribution in [0.5, 0.6) is 0 Å². The molecule has 0 fully saturated rings. The number of guanidine groups is 2. The van der Waals surface area contributed by atoms with Crippen molar-refractivity contribution in [1.82, 2.24) is 4.72 Å². The lowest BCUT2D eigenvalue weighted by Crippen LogP contribution is -2.33. The van der Waals surface area contributed by atoms with Gasteiger partial charge in [-0.25, -0.2) is 4.72 Å². The minimum atomic E-state index is -1.02. The number of nitrogens with zero attached hydrogens (tertiary/aromatic N) is 2. The Bertz CT molecular complexity index is 481. The molecule has 0 amide bonds. The normalized spacial score (nSPS) is 12.8. The number of aliphatic carboxylic acids is 1. The van der Waals surface area contributed by atoms with E-state index in [9.17, 15) is 9.59 Å². The predicted octanol–water partition coefficient (Wildman–Crippen LogP) is -1.71. The van der Waals surface area contributed by atoms with Crippen molar-refractivity contribution in [2.45, 2.75) is 37.8 Å². The minimum absolute atomic E-state index is 0.00594. The highest BCUT2D eigenvalue weighted by Crippen LogP contribution is 2.22. The average molecular weight is 395 g/mol. The summed E-state index contributed by atoms with van der Waals surface area (Å²) in [5.74, 6) is -1.07. The van der Waals surface area contributed by atoms with Crippen molar-refractivity contribution in [3.05, 3.63) is 0 Å². The van der Waals surface area contributed by atoms with Gasteiger partial charge in [-0.2, -0.15) is 0 Å². The number of carbonyl (C=O) groups is 2. The summed E-state index contributed by atoms with van der Waals surface area (Å²) < 4.78 is 2.71. The second-order valence-electron chi connectivity index (χ2n) is 5.00. The molecule has 25 heavy (non-hydrogen) atoms. The lowest BCUT2D eigenvalue weighted by molar-refractivity contribution is -0.139. The summed E-state index contributed by atoms with van der Waals surface area (Å²) in [6.45, 7) is 0.738. The zero-order chi connectivity index (χ0) is 19.2. The first-order chi connectivity index (χ1) is 11.7. The Balaban J connectivity index is 4.05. The molecule has 0 saturated heterocycles. The molecule has 0 saturated carbocycles. The van der Waals surface area contributed by atoms with Gasteiger partial charge in [-0.05, 0) is 47.5 Å². The van der Waals surface area contributed by atoms with E-state index in [-0.39, 0.29) is 17.0 Å². The number of rotatable bonds is 13. The van der Waals surface area contributed by atoms with Crippen LogP contribution in [0.1, 0.15) is 25.7 Å². The first kappa shape index (κ1) is 23.3. The molecule has 12 N–H and O–H groups in total. The summed E-state index contributed by atoms with van der Waals surface area (Å²) >= 11 is 0. The van der Waals surface area contributed by atoms with Crippen LogP contribution in [-0.2, 0) is 9.59 Å². The van der Waals surface area contributed by atoms with E-state index in [1.54, 1.807) is 0 Å². The molecule has 13 heteroatoms. The van der Waals surface area contributed by atoms with Gasteiger partial charge in [0, 0.05) is 13.1 Å². The molecule has 0 aliphatic rings. The molecule has 0 aliphatic carbocycles. The van der Waals surface area contributed by atoms with Crippen LogP contribution in [0.2, 0.25) is 0 Å². The molecule has 144 valence electrons. The quantitative estimate of drug-likeness (QED) is 0.0612. The number of carbonyl (C=O) groups excluding carboxylic acids is 1. The third-order valence-corrected chi connectivity index (χ3v) is 4.79. The third-order valence-electron chi connectivity index (χ3n) is 2.83. The van der Waals surface area contributed by atoms with Crippen LogP contribution in [0.25, 0.3) is 0 Å². The minimum Gasteiger partial charge on any atom is -0.480 e. The highest BCUT2D eigenvalue weighted by Gasteiger charge is 2.19. The SMILES string of the molecule is NC(N)=NCCC[C@H](NSSC(=O)[C@@H](N)CCCN=C(N)N)C(=O)O. The van der Waals surface area contributed by atoms with Gasteiger partial charge in [0.15, 0.2) is 11.9 Å². The lowest BCUT2D eigenvalue weighted by Gasteiger charge is -2.13. The van der Waals surface area contributed by atoms with Crippen LogP contribution >= 0.6 is 21.8 Å². The van der Waals surface area contributed by atoms with E-state index in [4.69, 9.17) is 33.8 Å². The smallest absolute Gasteiger partial charge is 0.321 e. The average Bonchev–Trinajstić information content (AvgIpc) is 2.52. The van der Waals surface area contributed by atoms with Gasteiger partial charge in [-0.1, -0.05) is 0 Å². The monoisotopic (exact) mass is 394 g/mol. The zero-order valence-corrected chi connectivity index (χ0v) is 15.4. The van der Waals surface area contributed by atoms with Crippen LogP contribution < -0.4 is 33.4 Å². The number of carboxylic acid groups (broad SMARTS) is 1. The van der Waals surface area contributed by atoms with Crippen molar-refractivity contribution < 1.29 is 14.7 Å². The van der Waals surface area contributed by atoms with Crippen LogP contribution in [0.15, 0.2) is 9.98 Å². The Labute approximate surface area is 154 Å². The van der Waals surface area contributed by atoms with E-state index < -0.39 is 18.1 Å². The Morgan fingerprint density at radius 2 is 1.52 bits per heavy atom. The van der Waals surface area contributed by atoms with E-state index in [0.717, 1.165) is 21.8 Å². The maximum atomic E-state index is 11.9. The van der Waals surface area contributed by atoms with Crippen LogP contribution in [0, 0.1) is 0 Å². The van der Waals surface area contributed by atoms with E-state index in [2.05, 4.69) is 14.7 Å². The van der Waals surface area contributed by atoms with Crippen molar-refractivity contribution >= 4 is 44.8 Å². The van der Waals surface area contributed by atoms with E-state index in [1.807, 2.05) is 0 Å². The number of aliphatic imine (C=N–C) groups is 2. The van der Waals surface area contributed by atoms with Gasteiger partial charge in [-0.15, -0.1) is 0 Å². The molecule has 0 rings (SSSR count). The summed E-state index contributed by atoms with van der Waals surface area (Å²) in [6.07, 6.45) is 1.82.